The van der Waals surface area contributed by atoms with Crippen molar-refractivity contribution in [2.75, 3.05) is 5.32 Å². The van der Waals surface area contributed by atoms with E-state index < -0.39 is 0 Å². The van der Waals surface area contributed by atoms with Crippen LogP contribution in [0.1, 0.15) is 0 Å². The van der Waals surface area contributed by atoms with Crippen LogP contribution in [0.5, 0.6) is 0 Å². The van der Waals surface area contributed by atoms with Crippen molar-refractivity contribution in [2.24, 2.45) is 0 Å². The maximum Gasteiger partial charge on any atom is 0.136 e. The number of benzene rings is 2. The molecule has 0 radical (unpaired) electrons. The Morgan fingerprint density at radius 1 is 1.04 bits per heavy atom. The van der Waals surface area contributed by atoms with Crippen LogP contribution in [0.2, 0.25) is 10.0 Å². The predicted molar refractivity (Wildman–Crippen MR) is 100 cm³/mol. The molecule has 0 aliphatic rings. The number of hydrogen-bond acceptors (Lipinski definition) is 2. The van der Waals surface area contributed by atoms with Gasteiger partial charge in [-0.3, -0.25) is 5.10 Å². The highest BCUT2D eigenvalue weighted by Gasteiger charge is 2.04. The molecule has 0 atom stereocenters. The third-order valence-electron chi connectivity index (χ3n) is 3.34. The van der Waals surface area contributed by atoms with Crippen molar-refractivity contribution in [1.82, 2.24) is 9.78 Å². The Hall–Kier alpha value is -2.01. The van der Waals surface area contributed by atoms with E-state index in [-0.39, 0.29) is 0 Å². The van der Waals surface area contributed by atoms with Crippen LogP contribution in [0.15, 0.2) is 48.5 Å². The smallest absolute Gasteiger partial charge is 0.136 e. The van der Waals surface area contributed by atoms with E-state index in [9.17, 15) is 0 Å². The van der Waals surface area contributed by atoms with Crippen molar-refractivity contribution in [2.45, 2.75) is 0 Å². The van der Waals surface area contributed by atoms with Crippen LogP contribution in [0.4, 0.5) is 5.69 Å². The zero-order valence-electron chi connectivity index (χ0n) is 12.0. The molecule has 0 fully saturated rings. The van der Waals surface area contributed by atoms with Crippen molar-refractivity contribution in [3.63, 3.8) is 0 Å². The summed E-state index contributed by atoms with van der Waals surface area (Å²) in [6.45, 7) is 4.00. The quantitative estimate of drug-likeness (QED) is 0.688. The fraction of sp³-hybridized carbons (Fsp3) is 0. The third kappa shape index (κ3) is 3.20. The number of H-pyrrole nitrogens is 1. The van der Waals surface area contributed by atoms with Gasteiger partial charge in [-0.05, 0) is 24.3 Å². The molecule has 3 rings (SSSR count). The molecule has 0 unspecified atom stereocenters. The lowest BCUT2D eigenvalue weighted by Gasteiger charge is -2.05. The molecule has 0 bridgehead atoms. The Balaban J connectivity index is 2.07. The molecule has 0 saturated carbocycles. The fourth-order valence-electron chi connectivity index (χ4n) is 2.18. The lowest BCUT2D eigenvalue weighted by Crippen LogP contribution is -2.22. The maximum absolute atomic E-state index is 6.15. The molecule has 6 heteroatoms. The van der Waals surface area contributed by atoms with E-state index in [1.165, 1.54) is 0 Å². The van der Waals surface area contributed by atoms with E-state index in [4.69, 9.17) is 35.4 Å². The highest BCUT2D eigenvalue weighted by molar-refractivity contribution is 7.71. The largest absolute Gasteiger partial charge is 0.358 e. The monoisotopic (exact) mass is 361 g/mol. The van der Waals surface area contributed by atoms with Crippen molar-refractivity contribution >= 4 is 53.9 Å². The molecule has 2 N–H and O–H groups in total. The Bertz CT molecular complexity index is 986. The summed E-state index contributed by atoms with van der Waals surface area (Å²) in [4.78, 5) is 0. The van der Waals surface area contributed by atoms with Crippen LogP contribution in [0.3, 0.4) is 0 Å². The molecule has 0 saturated heterocycles. The summed E-state index contributed by atoms with van der Waals surface area (Å²) in [6, 6.07) is 15.1. The van der Waals surface area contributed by atoms with E-state index in [0.717, 1.165) is 10.9 Å². The number of rotatable bonds is 3. The summed E-state index contributed by atoms with van der Waals surface area (Å²) in [5.74, 6) is 0. The van der Waals surface area contributed by atoms with Crippen LogP contribution in [-0.4, -0.2) is 9.78 Å². The highest BCUT2D eigenvalue weighted by atomic mass is 35.5. The average Bonchev–Trinajstić information content (AvgIpc) is 2.83. The highest BCUT2D eigenvalue weighted by Crippen LogP contribution is 2.29. The Labute approximate surface area is 148 Å². The van der Waals surface area contributed by atoms with Gasteiger partial charge in [0.05, 0.1) is 32.0 Å². The number of aromatic amines is 1. The summed E-state index contributed by atoms with van der Waals surface area (Å²) in [6.07, 6.45) is 1.76. The first-order valence-corrected chi connectivity index (χ1v) is 8.00. The molecule has 1 aromatic heterocycles. The minimum Gasteiger partial charge on any atom is -0.358 e. The van der Waals surface area contributed by atoms with Crippen molar-refractivity contribution in [3.8, 4) is 5.69 Å². The van der Waals surface area contributed by atoms with Gasteiger partial charge in [0.2, 0.25) is 0 Å². The lowest BCUT2D eigenvalue weighted by atomic mass is 10.3. The van der Waals surface area contributed by atoms with E-state index in [0.29, 0.717) is 25.7 Å². The number of hydrogen-bond donors (Lipinski definition) is 2. The van der Waals surface area contributed by atoms with Crippen LogP contribution in [0.25, 0.3) is 18.5 Å². The molecule has 0 aliphatic heterocycles. The predicted octanol–water partition coefficient (Wildman–Crippen LogP) is 4.10. The molecule has 3 nitrogen and oxygen atoms in total. The molecule has 2 aromatic carbocycles. The Kier molecular flexibility index (Phi) is 4.57. The molecule has 1 heterocycles. The standard InChI is InChI=1S/C17H13Cl2N3S/c1-11-13(10-20-16-14(18)8-5-9-15(16)19)17(23)22(21-11)12-6-3-2-4-7-12/h2-10,20-21H,1H2/b13-10-. The van der Waals surface area contributed by atoms with Crippen LogP contribution >= 0.6 is 35.4 Å². The molecule has 0 spiro atoms. The van der Waals surface area contributed by atoms with Gasteiger partial charge in [0.25, 0.3) is 0 Å². The van der Waals surface area contributed by atoms with Crippen molar-refractivity contribution < 1.29 is 0 Å². The summed E-state index contributed by atoms with van der Waals surface area (Å²) < 4.78 is 2.43. The lowest BCUT2D eigenvalue weighted by molar-refractivity contribution is 0.857. The summed E-state index contributed by atoms with van der Waals surface area (Å²) >= 11 is 17.8. The van der Waals surface area contributed by atoms with Gasteiger partial charge in [0.1, 0.15) is 4.64 Å². The minimum atomic E-state index is 0.539. The second kappa shape index (κ2) is 6.62. The van der Waals surface area contributed by atoms with Gasteiger partial charge in [-0.1, -0.05) is 66.3 Å². The van der Waals surface area contributed by atoms with Gasteiger partial charge in [0, 0.05) is 6.20 Å². The Morgan fingerprint density at radius 2 is 1.70 bits per heavy atom. The normalized spacial score (nSPS) is 11.7. The summed E-state index contributed by atoms with van der Waals surface area (Å²) in [7, 11) is 0. The molecule has 3 aromatic rings. The summed E-state index contributed by atoms with van der Waals surface area (Å²) in [5, 5.41) is 8.83. The number of para-hydroxylation sites is 2. The maximum atomic E-state index is 6.15. The first kappa shape index (κ1) is 15.9. The average molecular weight is 362 g/mol. The first-order valence-electron chi connectivity index (χ1n) is 6.84. The first-order chi connectivity index (χ1) is 11.1. The van der Waals surface area contributed by atoms with Crippen LogP contribution < -0.4 is 15.9 Å². The summed E-state index contributed by atoms with van der Waals surface area (Å²) in [5.41, 5.74) is 1.58. The topological polar surface area (TPSA) is 32.8 Å². The molecule has 0 aliphatic carbocycles. The van der Waals surface area contributed by atoms with E-state index in [2.05, 4.69) is 17.0 Å². The number of halogens is 2. The second-order valence-electron chi connectivity index (χ2n) is 4.87. The number of anilines is 1. The number of nitrogens with zero attached hydrogens (tertiary/aromatic N) is 1. The number of aromatic nitrogens is 2. The van der Waals surface area contributed by atoms with Gasteiger partial charge < -0.3 is 5.32 Å². The Morgan fingerprint density at radius 3 is 2.35 bits per heavy atom. The SMILES string of the molecule is C=c1[nH]n(-c2ccccc2)c(=S)/c1=C\Nc1c(Cl)cccc1Cl. The molecular formula is C17H13Cl2N3S. The van der Waals surface area contributed by atoms with Crippen LogP contribution in [0, 0.1) is 4.64 Å². The third-order valence-corrected chi connectivity index (χ3v) is 4.38. The van der Waals surface area contributed by atoms with Gasteiger partial charge in [-0.25, -0.2) is 4.68 Å². The van der Waals surface area contributed by atoms with Gasteiger partial charge in [0.15, 0.2) is 0 Å². The molecular weight excluding hydrogens is 349 g/mol. The second-order valence-corrected chi connectivity index (χ2v) is 6.07. The van der Waals surface area contributed by atoms with Gasteiger partial charge >= 0.3 is 0 Å². The molecule has 0 amide bonds. The molecule has 116 valence electrons. The van der Waals surface area contributed by atoms with Gasteiger partial charge in [-0.15, -0.1) is 0 Å². The van der Waals surface area contributed by atoms with E-state index >= 15 is 0 Å². The molecule has 23 heavy (non-hydrogen) atoms. The minimum absolute atomic E-state index is 0.539. The van der Waals surface area contributed by atoms with Crippen molar-refractivity contribution in [3.05, 3.63) is 73.8 Å². The van der Waals surface area contributed by atoms with Gasteiger partial charge in [-0.2, -0.15) is 0 Å². The van der Waals surface area contributed by atoms with E-state index in [1.807, 2.05) is 30.3 Å². The van der Waals surface area contributed by atoms with Crippen LogP contribution in [-0.2, 0) is 0 Å². The zero-order chi connectivity index (χ0) is 16.4. The van der Waals surface area contributed by atoms with E-state index in [1.54, 1.807) is 29.1 Å². The zero-order valence-corrected chi connectivity index (χ0v) is 14.3. The number of nitrogens with one attached hydrogen (secondary N) is 2. The fourth-order valence-corrected chi connectivity index (χ4v) is 3.02. The van der Waals surface area contributed by atoms with Crippen molar-refractivity contribution in [1.29, 1.82) is 0 Å².